The van der Waals surface area contributed by atoms with Crippen LogP contribution in [0.15, 0.2) is 18.2 Å². The van der Waals surface area contributed by atoms with Crippen molar-refractivity contribution < 1.29 is 14.9 Å². The average Bonchev–Trinajstić information content (AvgIpc) is 2.30. The number of benzene rings is 1. The minimum Gasteiger partial charge on any atom is -0.496 e. The second kappa shape index (κ2) is 6.62. The van der Waals surface area contributed by atoms with Crippen molar-refractivity contribution in [2.45, 2.75) is 11.9 Å². The smallest absolute Gasteiger partial charge is 0.124 e. The van der Waals surface area contributed by atoms with Gasteiger partial charge in [-0.05, 0) is 6.07 Å². The molecular weight excluding hydrogens is 226 g/mol. The number of hydrogen-bond donors (Lipinski definition) is 3. The number of hydrogen-bond acceptors (Lipinski definition) is 5. The maximum Gasteiger partial charge on any atom is 0.124 e. The monoisotopic (exact) mass is 243 g/mol. The Morgan fingerprint density at radius 3 is 2.88 bits per heavy atom. The van der Waals surface area contributed by atoms with Gasteiger partial charge in [0.1, 0.15) is 5.75 Å². The normalized spacial score (nSPS) is 12.4. The van der Waals surface area contributed by atoms with Gasteiger partial charge in [0, 0.05) is 28.8 Å². The highest BCUT2D eigenvalue weighted by Gasteiger charge is 2.06. The van der Waals surface area contributed by atoms with Crippen LogP contribution in [0.25, 0.3) is 0 Å². The number of methoxy groups -OCH3 is 1. The lowest BCUT2D eigenvalue weighted by atomic mass is 10.2. The Morgan fingerprint density at radius 1 is 1.50 bits per heavy atom. The lowest BCUT2D eigenvalue weighted by Crippen LogP contribution is -2.14. The fraction of sp³-hybridized carbons (Fsp3) is 0.455. The van der Waals surface area contributed by atoms with Crippen molar-refractivity contribution in [2.24, 2.45) is 0 Å². The van der Waals surface area contributed by atoms with E-state index in [0.29, 0.717) is 11.4 Å². The van der Waals surface area contributed by atoms with E-state index in [9.17, 15) is 5.11 Å². The van der Waals surface area contributed by atoms with Crippen molar-refractivity contribution in [3.05, 3.63) is 23.8 Å². The van der Waals surface area contributed by atoms with Crippen LogP contribution in [-0.4, -0.2) is 35.8 Å². The molecular formula is C11H17NO3S. The van der Waals surface area contributed by atoms with Gasteiger partial charge in [0.05, 0.1) is 19.8 Å². The maximum atomic E-state index is 9.18. The zero-order valence-electron chi connectivity index (χ0n) is 9.22. The van der Waals surface area contributed by atoms with Gasteiger partial charge < -0.3 is 20.7 Å². The second-order valence-corrected chi connectivity index (χ2v) is 4.45. The maximum absolute atomic E-state index is 9.18. The largest absolute Gasteiger partial charge is 0.496 e. The zero-order valence-corrected chi connectivity index (χ0v) is 10.0. The Labute approximate surface area is 99.4 Å². The van der Waals surface area contributed by atoms with Gasteiger partial charge in [-0.25, -0.2) is 0 Å². The van der Waals surface area contributed by atoms with Crippen LogP contribution in [0.2, 0.25) is 0 Å². The lowest BCUT2D eigenvalue weighted by molar-refractivity contribution is 0.113. The van der Waals surface area contributed by atoms with E-state index in [2.05, 4.69) is 0 Å². The molecule has 5 heteroatoms. The van der Waals surface area contributed by atoms with Gasteiger partial charge in [-0.2, -0.15) is 11.8 Å². The van der Waals surface area contributed by atoms with Crippen molar-refractivity contribution in [1.29, 1.82) is 0 Å². The molecule has 16 heavy (non-hydrogen) atoms. The van der Waals surface area contributed by atoms with Crippen molar-refractivity contribution >= 4 is 17.4 Å². The fourth-order valence-electron chi connectivity index (χ4n) is 1.24. The van der Waals surface area contributed by atoms with E-state index < -0.39 is 6.10 Å². The molecule has 0 aliphatic rings. The van der Waals surface area contributed by atoms with Crippen LogP contribution in [0.3, 0.4) is 0 Å². The Balaban J connectivity index is 2.53. The average molecular weight is 243 g/mol. The van der Waals surface area contributed by atoms with Crippen molar-refractivity contribution in [3.8, 4) is 5.75 Å². The van der Waals surface area contributed by atoms with Gasteiger partial charge in [0.2, 0.25) is 0 Å². The van der Waals surface area contributed by atoms with Gasteiger partial charge in [0.25, 0.3) is 0 Å². The molecule has 0 spiro atoms. The minimum atomic E-state index is -0.662. The summed E-state index contributed by atoms with van der Waals surface area (Å²) in [5.41, 5.74) is 7.34. The third kappa shape index (κ3) is 3.92. The molecule has 0 aliphatic heterocycles. The van der Waals surface area contributed by atoms with Gasteiger partial charge in [0.15, 0.2) is 0 Å². The van der Waals surface area contributed by atoms with E-state index in [1.165, 1.54) is 0 Å². The summed E-state index contributed by atoms with van der Waals surface area (Å²) in [7, 11) is 1.60. The topological polar surface area (TPSA) is 75.7 Å². The summed E-state index contributed by atoms with van der Waals surface area (Å²) in [6.45, 7) is -0.203. The van der Waals surface area contributed by atoms with E-state index in [0.717, 1.165) is 17.1 Å². The SMILES string of the molecule is COc1cc(N)ccc1CSCC(O)CO. The molecule has 0 saturated heterocycles. The van der Waals surface area contributed by atoms with Gasteiger partial charge >= 0.3 is 0 Å². The van der Waals surface area contributed by atoms with Crippen LogP contribution < -0.4 is 10.5 Å². The molecule has 0 aliphatic carbocycles. The van der Waals surface area contributed by atoms with Crippen molar-refractivity contribution in [3.63, 3.8) is 0 Å². The van der Waals surface area contributed by atoms with Crippen molar-refractivity contribution in [1.82, 2.24) is 0 Å². The molecule has 0 fully saturated rings. The highest BCUT2D eigenvalue weighted by molar-refractivity contribution is 7.98. The van der Waals surface area contributed by atoms with E-state index in [-0.39, 0.29) is 6.61 Å². The van der Waals surface area contributed by atoms with Crippen LogP contribution in [0.5, 0.6) is 5.75 Å². The number of aliphatic hydroxyl groups excluding tert-OH is 2. The Hall–Kier alpha value is -0.910. The number of nitrogen functional groups attached to an aromatic ring is 1. The Kier molecular flexibility index (Phi) is 5.45. The first-order valence-corrected chi connectivity index (χ1v) is 6.12. The molecule has 1 aromatic carbocycles. The van der Waals surface area contributed by atoms with Crippen LogP contribution in [0, 0.1) is 0 Å². The highest BCUT2D eigenvalue weighted by atomic mass is 32.2. The Bertz CT molecular complexity index is 333. The quantitative estimate of drug-likeness (QED) is 0.646. The summed E-state index contributed by atoms with van der Waals surface area (Å²) in [4.78, 5) is 0. The number of thioether (sulfide) groups is 1. The second-order valence-electron chi connectivity index (χ2n) is 3.42. The van der Waals surface area contributed by atoms with Crippen LogP contribution in [-0.2, 0) is 5.75 Å². The molecule has 0 radical (unpaired) electrons. The van der Waals surface area contributed by atoms with Crippen LogP contribution in [0.4, 0.5) is 5.69 Å². The molecule has 0 saturated carbocycles. The number of aliphatic hydroxyl groups is 2. The molecule has 0 aromatic heterocycles. The zero-order chi connectivity index (χ0) is 12.0. The summed E-state index contributed by atoms with van der Waals surface area (Å²) < 4.78 is 5.20. The third-order valence-corrected chi connectivity index (χ3v) is 3.23. The predicted octanol–water partition coefficient (Wildman–Crippen LogP) is 0.864. The summed E-state index contributed by atoms with van der Waals surface area (Å²) in [5.74, 6) is 1.98. The number of anilines is 1. The van der Waals surface area contributed by atoms with Crippen molar-refractivity contribution in [2.75, 3.05) is 25.2 Å². The molecule has 0 bridgehead atoms. The summed E-state index contributed by atoms with van der Waals surface area (Å²) in [6.07, 6.45) is -0.662. The predicted molar refractivity (Wildman–Crippen MR) is 66.7 cm³/mol. The first kappa shape index (κ1) is 13.2. The van der Waals surface area contributed by atoms with E-state index in [1.807, 2.05) is 12.1 Å². The van der Waals surface area contributed by atoms with E-state index in [1.54, 1.807) is 24.9 Å². The van der Waals surface area contributed by atoms with Gasteiger partial charge in [-0.3, -0.25) is 0 Å². The first-order valence-electron chi connectivity index (χ1n) is 4.96. The van der Waals surface area contributed by atoms with Crippen LogP contribution in [0.1, 0.15) is 5.56 Å². The summed E-state index contributed by atoms with van der Waals surface area (Å²) in [5, 5.41) is 17.8. The van der Waals surface area contributed by atoms with Gasteiger partial charge in [-0.1, -0.05) is 6.07 Å². The first-order chi connectivity index (χ1) is 7.67. The standard InChI is InChI=1S/C11H17NO3S/c1-15-11-4-9(12)3-2-8(11)6-16-7-10(14)5-13/h2-4,10,13-14H,5-7,12H2,1H3. The molecule has 0 amide bonds. The third-order valence-electron chi connectivity index (χ3n) is 2.09. The van der Waals surface area contributed by atoms with Gasteiger partial charge in [-0.15, -0.1) is 0 Å². The lowest BCUT2D eigenvalue weighted by Gasteiger charge is -2.10. The number of rotatable bonds is 6. The summed E-state index contributed by atoms with van der Waals surface area (Å²) >= 11 is 1.54. The molecule has 4 N–H and O–H groups in total. The summed E-state index contributed by atoms with van der Waals surface area (Å²) in [6, 6.07) is 5.51. The van der Waals surface area contributed by atoms with Crippen LogP contribution >= 0.6 is 11.8 Å². The number of nitrogens with two attached hydrogens (primary N) is 1. The molecule has 1 unspecified atom stereocenters. The van der Waals surface area contributed by atoms with E-state index >= 15 is 0 Å². The molecule has 90 valence electrons. The molecule has 0 heterocycles. The highest BCUT2D eigenvalue weighted by Crippen LogP contribution is 2.25. The Morgan fingerprint density at radius 2 is 2.25 bits per heavy atom. The molecule has 1 rings (SSSR count). The fourth-order valence-corrected chi connectivity index (χ4v) is 2.19. The molecule has 4 nitrogen and oxygen atoms in total. The number of ether oxygens (including phenoxy) is 1. The minimum absolute atomic E-state index is 0.203. The molecule has 1 aromatic rings. The van der Waals surface area contributed by atoms with E-state index in [4.69, 9.17) is 15.6 Å². The molecule has 1 atom stereocenters.